The lowest BCUT2D eigenvalue weighted by Crippen LogP contribution is -2.32. The zero-order chi connectivity index (χ0) is 11.6. The van der Waals surface area contributed by atoms with E-state index in [0.717, 1.165) is 19.3 Å². The molecule has 1 saturated carbocycles. The Labute approximate surface area is 94.1 Å². The summed E-state index contributed by atoms with van der Waals surface area (Å²) in [6.45, 7) is 0.216. The van der Waals surface area contributed by atoms with Crippen molar-refractivity contribution < 1.29 is 19.7 Å². The molecule has 5 heteroatoms. The summed E-state index contributed by atoms with van der Waals surface area (Å²) in [6, 6.07) is -0.878. The van der Waals surface area contributed by atoms with Crippen molar-refractivity contribution in [3.8, 4) is 0 Å². The van der Waals surface area contributed by atoms with Gasteiger partial charge in [0.05, 0.1) is 6.61 Å². The molecule has 0 saturated heterocycles. The van der Waals surface area contributed by atoms with Gasteiger partial charge >= 0.3 is 5.97 Å². The summed E-state index contributed by atoms with van der Waals surface area (Å²) in [4.78, 5) is 20.9. The number of allylic oxidation sites excluding steroid dienone is 1. The molecule has 0 aliphatic heterocycles. The fraction of sp³-hybridized carbons (Fsp3) is 0.727. The smallest absolute Gasteiger partial charge is 0.320 e. The quantitative estimate of drug-likeness (QED) is 0.304. The number of fused-ring (bicyclic) bond motifs is 2. The van der Waals surface area contributed by atoms with Crippen LogP contribution < -0.4 is 5.73 Å². The van der Waals surface area contributed by atoms with E-state index in [1.165, 1.54) is 0 Å². The van der Waals surface area contributed by atoms with Crippen molar-refractivity contribution in [1.82, 2.24) is 0 Å². The van der Waals surface area contributed by atoms with Crippen LogP contribution in [0.4, 0.5) is 0 Å². The van der Waals surface area contributed by atoms with Crippen LogP contribution in [0.2, 0.25) is 0 Å². The fourth-order valence-corrected chi connectivity index (χ4v) is 2.27. The lowest BCUT2D eigenvalue weighted by Gasteiger charge is -2.22. The molecule has 2 aliphatic carbocycles. The van der Waals surface area contributed by atoms with Crippen LogP contribution in [0.5, 0.6) is 0 Å². The number of hydrogen-bond acceptors (Lipinski definition) is 4. The van der Waals surface area contributed by atoms with Crippen LogP contribution in [0.25, 0.3) is 0 Å². The summed E-state index contributed by atoms with van der Waals surface area (Å²) in [5.41, 5.74) is 5.08. The van der Waals surface area contributed by atoms with Crippen molar-refractivity contribution in [2.75, 3.05) is 6.61 Å². The molecule has 2 unspecified atom stereocenters. The molecule has 0 radical (unpaired) electrons. The lowest BCUT2D eigenvalue weighted by atomic mass is 10.0. The highest BCUT2D eigenvalue weighted by Crippen LogP contribution is 2.44. The molecule has 16 heavy (non-hydrogen) atoms. The van der Waals surface area contributed by atoms with E-state index in [2.05, 4.69) is 12.2 Å². The maximum Gasteiger partial charge on any atom is 0.320 e. The first-order chi connectivity index (χ1) is 7.61. The van der Waals surface area contributed by atoms with E-state index in [4.69, 9.17) is 20.6 Å². The highest BCUT2D eigenvalue weighted by Gasteiger charge is 2.42. The van der Waals surface area contributed by atoms with Crippen LogP contribution in [-0.2, 0) is 14.6 Å². The summed E-state index contributed by atoms with van der Waals surface area (Å²) in [7, 11) is 0. The molecule has 90 valence electrons. The third-order valence-corrected chi connectivity index (χ3v) is 3.27. The molecule has 0 amide bonds. The maximum atomic E-state index is 10.4. The second-order valence-corrected chi connectivity index (χ2v) is 4.57. The number of hydrogen-bond donors (Lipinski definition) is 2. The van der Waals surface area contributed by atoms with Crippen molar-refractivity contribution in [3.63, 3.8) is 0 Å². The Kier molecular flexibility index (Phi) is 3.28. The molecule has 3 N–H and O–H groups in total. The second-order valence-electron chi connectivity index (χ2n) is 4.57. The van der Waals surface area contributed by atoms with E-state index in [9.17, 15) is 4.79 Å². The van der Waals surface area contributed by atoms with Crippen LogP contribution in [0.1, 0.15) is 25.7 Å². The van der Waals surface area contributed by atoms with Crippen LogP contribution in [-0.4, -0.2) is 29.3 Å². The summed E-state index contributed by atoms with van der Waals surface area (Å²) >= 11 is 0. The molecule has 2 bridgehead atoms. The highest BCUT2D eigenvalue weighted by atomic mass is 17.2. The predicted octanol–water partition coefficient (Wildman–Crippen LogP) is 0.845. The van der Waals surface area contributed by atoms with Gasteiger partial charge in [-0.3, -0.25) is 4.79 Å². The molecule has 0 aromatic carbocycles. The normalized spacial score (nSPS) is 33.2. The summed E-state index contributed by atoms with van der Waals surface area (Å²) in [5, 5.41) is 8.56. The van der Waals surface area contributed by atoms with Crippen molar-refractivity contribution in [3.05, 3.63) is 12.2 Å². The number of carboxylic acid groups (broad SMARTS) is 1. The predicted molar refractivity (Wildman–Crippen MR) is 56.5 cm³/mol. The Hall–Kier alpha value is -0.910. The largest absolute Gasteiger partial charge is 0.480 e. The molecule has 2 rings (SSSR count). The zero-order valence-electron chi connectivity index (χ0n) is 9.09. The van der Waals surface area contributed by atoms with Crippen molar-refractivity contribution in [2.45, 2.75) is 37.3 Å². The Balaban J connectivity index is 1.65. The first-order valence-electron chi connectivity index (χ1n) is 5.60. The van der Waals surface area contributed by atoms with E-state index in [-0.39, 0.29) is 18.6 Å². The summed E-state index contributed by atoms with van der Waals surface area (Å²) in [6.07, 6.45) is 7.60. The van der Waals surface area contributed by atoms with Gasteiger partial charge in [0, 0.05) is 0 Å². The standard InChI is InChI=1S/C11H17NO4/c12-9(10(13)14)3-6-15-16-11-4-1-8(7-11)2-5-11/h1,4,8-9H,2-3,5-7,12H2,(H,13,14)/t8?,9-,11?/m0/s1. The topological polar surface area (TPSA) is 81.8 Å². The number of carbonyl (C=O) groups is 1. The minimum Gasteiger partial charge on any atom is -0.480 e. The van der Waals surface area contributed by atoms with Gasteiger partial charge in [0.1, 0.15) is 11.6 Å². The molecule has 0 aromatic heterocycles. The number of carboxylic acids is 1. The average molecular weight is 227 g/mol. The zero-order valence-corrected chi connectivity index (χ0v) is 9.09. The minimum absolute atomic E-state index is 0.216. The van der Waals surface area contributed by atoms with Gasteiger partial charge in [-0.05, 0) is 31.6 Å². The SMILES string of the molecule is N[C@@H](CCOOC12C=CC(CC1)C2)C(=O)O. The van der Waals surface area contributed by atoms with Gasteiger partial charge in [0.25, 0.3) is 0 Å². The number of aliphatic carboxylic acids is 1. The van der Waals surface area contributed by atoms with Crippen LogP contribution in [0, 0.1) is 5.92 Å². The number of nitrogens with two attached hydrogens (primary N) is 1. The Morgan fingerprint density at radius 1 is 1.69 bits per heavy atom. The van der Waals surface area contributed by atoms with E-state index in [1.54, 1.807) is 0 Å². The second kappa shape index (κ2) is 4.53. The van der Waals surface area contributed by atoms with Gasteiger partial charge in [0.15, 0.2) is 0 Å². The van der Waals surface area contributed by atoms with E-state index in [0.29, 0.717) is 5.92 Å². The molecule has 5 nitrogen and oxygen atoms in total. The maximum absolute atomic E-state index is 10.4. The molecule has 1 fully saturated rings. The lowest BCUT2D eigenvalue weighted by molar-refractivity contribution is -0.346. The number of rotatable bonds is 6. The first kappa shape index (κ1) is 11.6. The summed E-state index contributed by atoms with van der Waals surface area (Å²) < 4.78 is 0. The molecular formula is C11H17NO4. The van der Waals surface area contributed by atoms with Gasteiger partial charge in [-0.2, -0.15) is 0 Å². The third-order valence-electron chi connectivity index (χ3n) is 3.27. The summed E-state index contributed by atoms with van der Waals surface area (Å²) in [5.74, 6) is -0.381. The van der Waals surface area contributed by atoms with Crippen LogP contribution in [0.3, 0.4) is 0 Å². The van der Waals surface area contributed by atoms with Crippen molar-refractivity contribution >= 4 is 5.97 Å². The van der Waals surface area contributed by atoms with Gasteiger partial charge in [0.2, 0.25) is 0 Å². The van der Waals surface area contributed by atoms with Gasteiger partial charge in [-0.1, -0.05) is 12.2 Å². The van der Waals surface area contributed by atoms with E-state index < -0.39 is 12.0 Å². The molecule has 0 heterocycles. The molecule has 0 spiro atoms. The van der Waals surface area contributed by atoms with Gasteiger partial charge < -0.3 is 10.8 Å². The Bertz CT molecular complexity index is 304. The van der Waals surface area contributed by atoms with E-state index >= 15 is 0 Å². The molecule has 0 aromatic rings. The van der Waals surface area contributed by atoms with Crippen molar-refractivity contribution in [2.24, 2.45) is 11.7 Å². The average Bonchev–Trinajstić information content (AvgIpc) is 2.84. The monoisotopic (exact) mass is 227 g/mol. The van der Waals surface area contributed by atoms with Crippen LogP contribution in [0.15, 0.2) is 12.2 Å². The highest BCUT2D eigenvalue weighted by molar-refractivity contribution is 5.72. The van der Waals surface area contributed by atoms with E-state index in [1.807, 2.05) is 0 Å². The van der Waals surface area contributed by atoms with Gasteiger partial charge in [-0.15, -0.1) is 0 Å². The van der Waals surface area contributed by atoms with Crippen LogP contribution >= 0.6 is 0 Å². The minimum atomic E-state index is -1.01. The third kappa shape index (κ3) is 2.42. The molecular weight excluding hydrogens is 210 g/mol. The Morgan fingerprint density at radius 3 is 3.00 bits per heavy atom. The first-order valence-corrected chi connectivity index (χ1v) is 5.60. The molecule has 3 atom stereocenters. The fourth-order valence-electron chi connectivity index (χ4n) is 2.27. The van der Waals surface area contributed by atoms with Gasteiger partial charge in [-0.25, -0.2) is 9.78 Å². The molecule has 2 aliphatic rings. The van der Waals surface area contributed by atoms with Crippen molar-refractivity contribution in [1.29, 1.82) is 0 Å². The Morgan fingerprint density at radius 2 is 2.50 bits per heavy atom.